The Bertz CT molecular complexity index is 500. The molecule has 0 saturated carbocycles. The third kappa shape index (κ3) is 5.82. The second-order valence-corrected chi connectivity index (χ2v) is 6.91. The van der Waals surface area contributed by atoms with Crippen LogP contribution >= 0.6 is 0 Å². The van der Waals surface area contributed by atoms with Gasteiger partial charge in [0.1, 0.15) is 17.7 Å². The van der Waals surface area contributed by atoms with Gasteiger partial charge < -0.3 is 20.3 Å². The average Bonchev–Trinajstić information content (AvgIpc) is 2.92. The van der Waals surface area contributed by atoms with Crippen molar-refractivity contribution in [3.63, 3.8) is 0 Å². The van der Waals surface area contributed by atoms with Gasteiger partial charge in [0.25, 0.3) is 0 Å². The van der Waals surface area contributed by atoms with Crippen molar-refractivity contribution in [2.45, 2.75) is 71.2 Å². The molecule has 0 spiro atoms. The highest BCUT2D eigenvalue weighted by Crippen LogP contribution is 2.16. The monoisotopic (exact) mass is 340 g/mol. The van der Waals surface area contributed by atoms with E-state index in [4.69, 9.17) is 4.74 Å². The molecule has 2 N–H and O–H groups in total. The van der Waals surface area contributed by atoms with E-state index >= 15 is 0 Å². The Labute approximate surface area is 142 Å². The van der Waals surface area contributed by atoms with E-state index in [1.807, 2.05) is 6.29 Å². The van der Waals surface area contributed by atoms with E-state index in [2.05, 4.69) is 10.6 Å². The maximum Gasteiger partial charge on any atom is 0.408 e. The number of likely N-dealkylation sites (tertiary alicyclic amines) is 1. The first-order chi connectivity index (χ1) is 11.0. The molecule has 1 radical (unpaired) electrons. The number of ether oxygens (including phenoxy) is 1. The highest BCUT2D eigenvalue weighted by molar-refractivity contribution is 5.91. The molecule has 0 unspecified atom stereocenters. The normalized spacial score (nSPS) is 20.0. The second kappa shape index (κ2) is 8.12. The zero-order valence-corrected chi connectivity index (χ0v) is 14.8. The summed E-state index contributed by atoms with van der Waals surface area (Å²) in [5, 5.41) is 4.95. The van der Waals surface area contributed by atoms with Gasteiger partial charge >= 0.3 is 6.09 Å². The average molecular weight is 340 g/mol. The molecule has 0 aromatic heterocycles. The van der Waals surface area contributed by atoms with Gasteiger partial charge in [-0.3, -0.25) is 14.4 Å². The Morgan fingerprint density at radius 2 is 1.79 bits per heavy atom. The summed E-state index contributed by atoms with van der Waals surface area (Å²) in [5.41, 5.74) is -0.667. The zero-order chi connectivity index (χ0) is 18.5. The minimum atomic E-state index is -0.859. The fraction of sp³-hybridized carbons (Fsp3) is 0.750. The van der Waals surface area contributed by atoms with Crippen LogP contribution in [0.2, 0.25) is 0 Å². The molecular formula is C16H26N3O5. The molecule has 3 amide bonds. The predicted octanol–water partition coefficient (Wildman–Crippen LogP) is 0.505. The van der Waals surface area contributed by atoms with Gasteiger partial charge in [-0.25, -0.2) is 4.79 Å². The Balaban J connectivity index is 2.52. The van der Waals surface area contributed by atoms with Crippen LogP contribution in [-0.4, -0.2) is 59.4 Å². The maximum atomic E-state index is 12.3. The van der Waals surface area contributed by atoms with E-state index in [0.29, 0.717) is 13.0 Å². The lowest BCUT2D eigenvalue weighted by atomic mass is 10.2. The van der Waals surface area contributed by atoms with Crippen molar-refractivity contribution in [1.29, 1.82) is 0 Å². The highest BCUT2D eigenvalue weighted by Gasteiger charge is 2.33. The topological polar surface area (TPSA) is 105 Å². The lowest BCUT2D eigenvalue weighted by Gasteiger charge is -2.26. The van der Waals surface area contributed by atoms with Gasteiger partial charge in [-0.1, -0.05) is 0 Å². The van der Waals surface area contributed by atoms with E-state index < -0.39 is 35.7 Å². The Morgan fingerprint density at radius 3 is 2.33 bits per heavy atom. The van der Waals surface area contributed by atoms with E-state index in [-0.39, 0.29) is 5.91 Å². The number of alkyl carbamates (subject to hydrolysis) is 1. The summed E-state index contributed by atoms with van der Waals surface area (Å²) in [7, 11) is 0. The van der Waals surface area contributed by atoms with E-state index in [0.717, 1.165) is 6.42 Å². The lowest BCUT2D eigenvalue weighted by molar-refractivity contribution is -0.136. The molecule has 8 nitrogen and oxygen atoms in total. The van der Waals surface area contributed by atoms with E-state index in [1.54, 1.807) is 27.7 Å². The molecule has 8 heteroatoms. The van der Waals surface area contributed by atoms with Crippen LogP contribution < -0.4 is 10.6 Å². The summed E-state index contributed by atoms with van der Waals surface area (Å²) in [4.78, 5) is 48.3. The Hall–Kier alpha value is -2.12. The molecule has 1 rings (SSSR count). The molecule has 135 valence electrons. The van der Waals surface area contributed by atoms with E-state index in [9.17, 15) is 19.2 Å². The Kier molecular flexibility index (Phi) is 6.74. The quantitative estimate of drug-likeness (QED) is 0.758. The van der Waals surface area contributed by atoms with Crippen LogP contribution in [-0.2, 0) is 19.1 Å². The minimum Gasteiger partial charge on any atom is -0.444 e. The molecule has 0 aliphatic carbocycles. The number of carbonyl (C=O) groups is 3. The summed E-state index contributed by atoms with van der Waals surface area (Å²) < 4.78 is 5.07. The first-order valence-electron chi connectivity index (χ1n) is 8.03. The fourth-order valence-electron chi connectivity index (χ4n) is 2.35. The number of nitrogens with zero attached hydrogens (tertiary/aromatic N) is 1. The van der Waals surface area contributed by atoms with Gasteiger partial charge in [0.15, 0.2) is 0 Å². The van der Waals surface area contributed by atoms with Crippen LogP contribution in [0.1, 0.15) is 47.5 Å². The lowest BCUT2D eigenvalue weighted by Crippen LogP contribution is -2.53. The number of amides is 3. The standard InChI is InChI=1S/C16H26N3O5/c1-10(18-15(23)24-16(3,4)5)13(21)17-11(2)14(22)19-8-6-7-12(19)9-20/h10-12H,6-8H2,1-5H3,(H,17,21)(H,18,23)/t10-,11-,12-/m0/s1. The molecule has 1 saturated heterocycles. The first kappa shape index (κ1) is 19.9. The van der Waals surface area contributed by atoms with Gasteiger partial charge in [0.2, 0.25) is 18.1 Å². The molecule has 0 aromatic rings. The maximum absolute atomic E-state index is 12.3. The van der Waals surface area contributed by atoms with Crippen molar-refractivity contribution < 1.29 is 23.9 Å². The summed E-state index contributed by atoms with van der Waals surface area (Å²) in [5.74, 6) is -0.841. The van der Waals surface area contributed by atoms with Gasteiger partial charge in [0.05, 0.1) is 6.04 Å². The van der Waals surface area contributed by atoms with Crippen LogP contribution in [0.3, 0.4) is 0 Å². The molecule has 1 heterocycles. The second-order valence-electron chi connectivity index (χ2n) is 6.91. The van der Waals surface area contributed by atoms with Gasteiger partial charge in [-0.05, 0) is 47.5 Å². The molecule has 0 aromatic carbocycles. The third-order valence-electron chi connectivity index (χ3n) is 3.53. The van der Waals surface area contributed by atoms with E-state index in [1.165, 1.54) is 11.8 Å². The number of hydrogen-bond donors (Lipinski definition) is 2. The molecule has 1 fully saturated rings. The summed E-state index contributed by atoms with van der Waals surface area (Å²) >= 11 is 0. The smallest absolute Gasteiger partial charge is 0.408 e. The van der Waals surface area contributed by atoms with Crippen molar-refractivity contribution in [3.05, 3.63) is 0 Å². The summed E-state index contributed by atoms with van der Waals surface area (Å²) in [6.07, 6.45) is 2.46. The number of nitrogens with one attached hydrogen (secondary N) is 2. The van der Waals surface area contributed by atoms with Crippen molar-refractivity contribution in [3.8, 4) is 0 Å². The molecule has 3 atom stereocenters. The van der Waals surface area contributed by atoms with Crippen LogP contribution in [0.15, 0.2) is 0 Å². The van der Waals surface area contributed by atoms with Crippen molar-refractivity contribution in [1.82, 2.24) is 15.5 Å². The molecule has 24 heavy (non-hydrogen) atoms. The zero-order valence-electron chi connectivity index (χ0n) is 14.8. The van der Waals surface area contributed by atoms with Crippen LogP contribution in [0, 0.1) is 0 Å². The predicted molar refractivity (Wildman–Crippen MR) is 86.9 cm³/mol. The molecule has 0 bridgehead atoms. The largest absolute Gasteiger partial charge is 0.444 e. The highest BCUT2D eigenvalue weighted by atomic mass is 16.6. The van der Waals surface area contributed by atoms with Crippen LogP contribution in [0.5, 0.6) is 0 Å². The number of hydrogen-bond acceptors (Lipinski definition) is 5. The van der Waals surface area contributed by atoms with Crippen LogP contribution in [0.25, 0.3) is 0 Å². The fourth-order valence-corrected chi connectivity index (χ4v) is 2.35. The van der Waals surface area contributed by atoms with Crippen molar-refractivity contribution in [2.75, 3.05) is 6.54 Å². The minimum absolute atomic E-state index is 0.335. The summed E-state index contributed by atoms with van der Waals surface area (Å²) in [6.45, 7) is 8.66. The molecular weight excluding hydrogens is 314 g/mol. The summed E-state index contributed by atoms with van der Waals surface area (Å²) in [6, 6.07) is -2.20. The van der Waals surface area contributed by atoms with Gasteiger partial charge in [0, 0.05) is 6.54 Å². The number of rotatable bonds is 5. The number of carbonyl (C=O) groups excluding carboxylic acids is 4. The van der Waals surface area contributed by atoms with Crippen molar-refractivity contribution >= 4 is 24.2 Å². The third-order valence-corrected chi connectivity index (χ3v) is 3.53. The Morgan fingerprint density at radius 1 is 1.17 bits per heavy atom. The first-order valence-corrected chi connectivity index (χ1v) is 8.03. The van der Waals surface area contributed by atoms with Crippen LogP contribution in [0.4, 0.5) is 4.79 Å². The van der Waals surface area contributed by atoms with Gasteiger partial charge in [-0.2, -0.15) is 0 Å². The van der Waals surface area contributed by atoms with Gasteiger partial charge in [-0.15, -0.1) is 0 Å². The van der Waals surface area contributed by atoms with Crippen molar-refractivity contribution in [2.24, 2.45) is 0 Å². The SMILES string of the molecule is C[C@H](NC(=O)OC(C)(C)C)C(=O)N[C@@H](C)C(=O)N1CCC[C@H]1[C]=O. The molecule has 1 aliphatic heterocycles. The molecule has 1 aliphatic rings.